The van der Waals surface area contributed by atoms with E-state index < -0.39 is 0 Å². The minimum atomic E-state index is -0.186. The number of hydrogen-bond donors (Lipinski definition) is 1. The van der Waals surface area contributed by atoms with Crippen LogP contribution in [0.3, 0.4) is 0 Å². The normalized spacial score (nSPS) is 11.5. The van der Waals surface area contributed by atoms with E-state index in [-0.39, 0.29) is 4.75 Å². The Kier molecular flexibility index (Phi) is 1.94. The number of thiol groups is 1. The lowest BCUT2D eigenvalue weighted by Gasteiger charge is -2.14. The summed E-state index contributed by atoms with van der Waals surface area (Å²) in [5.41, 5.74) is 0.901. The first-order valence-corrected chi connectivity index (χ1v) is 3.56. The van der Waals surface area contributed by atoms with Crippen molar-refractivity contribution in [3.8, 4) is 0 Å². The standard InChI is InChI=1S/C7H10N2S/c1-7(2,10)6-4-3-5-8-9-6/h3-5,10H,1-2H3. The van der Waals surface area contributed by atoms with Crippen LogP contribution < -0.4 is 0 Å². The van der Waals surface area contributed by atoms with E-state index >= 15 is 0 Å². The molecule has 0 amide bonds. The second-order valence-corrected chi connectivity index (χ2v) is 3.79. The molecule has 3 heteroatoms. The highest BCUT2D eigenvalue weighted by atomic mass is 32.1. The molecule has 0 spiro atoms. The molecule has 0 aliphatic heterocycles. The van der Waals surface area contributed by atoms with Gasteiger partial charge in [0, 0.05) is 6.20 Å². The zero-order valence-corrected chi connectivity index (χ0v) is 6.97. The average Bonchev–Trinajstić information content (AvgIpc) is 1.88. The summed E-state index contributed by atoms with van der Waals surface area (Å²) in [6, 6.07) is 3.78. The molecule has 1 heterocycles. The van der Waals surface area contributed by atoms with Crippen molar-refractivity contribution in [1.29, 1.82) is 0 Å². The summed E-state index contributed by atoms with van der Waals surface area (Å²) in [5.74, 6) is 0. The molecule has 0 saturated heterocycles. The fraction of sp³-hybridized carbons (Fsp3) is 0.429. The first kappa shape index (κ1) is 7.54. The van der Waals surface area contributed by atoms with Crippen LogP contribution in [-0.2, 0) is 4.75 Å². The Bertz CT molecular complexity index is 203. The van der Waals surface area contributed by atoms with Crippen molar-refractivity contribution < 1.29 is 0 Å². The van der Waals surface area contributed by atoms with Gasteiger partial charge in [-0.25, -0.2) is 0 Å². The molecule has 0 radical (unpaired) electrons. The maximum Gasteiger partial charge on any atom is 0.0783 e. The Morgan fingerprint density at radius 2 is 2.20 bits per heavy atom. The van der Waals surface area contributed by atoms with Crippen molar-refractivity contribution in [1.82, 2.24) is 10.2 Å². The van der Waals surface area contributed by atoms with E-state index in [1.54, 1.807) is 6.20 Å². The van der Waals surface area contributed by atoms with Crippen LogP contribution in [-0.4, -0.2) is 10.2 Å². The molecule has 2 nitrogen and oxygen atoms in total. The van der Waals surface area contributed by atoms with Gasteiger partial charge in [0.25, 0.3) is 0 Å². The van der Waals surface area contributed by atoms with E-state index in [0.717, 1.165) is 5.69 Å². The molecule has 0 aliphatic carbocycles. The Hall–Kier alpha value is -0.570. The summed E-state index contributed by atoms with van der Waals surface area (Å²) in [4.78, 5) is 0. The van der Waals surface area contributed by atoms with Gasteiger partial charge in [0.15, 0.2) is 0 Å². The van der Waals surface area contributed by atoms with Crippen LogP contribution in [0.4, 0.5) is 0 Å². The first-order chi connectivity index (χ1) is 4.61. The summed E-state index contributed by atoms with van der Waals surface area (Å²) in [6.07, 6.45) is 1.66. The number of nitrogens with zero attached hydrogens (tertiary/aromatic N) is 2. The lowest BCUT2D eigenvalue weighted by Crippen LogP contribution is -2.10. The summed E-state index contributed by atoms with van der Waals surface area (Å²) in [7, 11) is 0. The van der Waals surface area contributed by atoms with Crippen molar-refractivity contribution >= 4 is 12.6 Å². The predicted molar refractivity (Wildman–Crippen MR) is 44.0 cm³/mol. The van der Waals surface area contributed by atoms with Crippen LogP contribution in [0.15, 0.2) is 18.3 Å². The molecule has 0 unspecified atom stereocenters. The van der Waals surface area contributed by atoms with Crippen LogP contribution in [0.5, 0.6) is 0 Å². The van der Waals surface area contributed by atoms with Gasteiger partial charge in [-0.3, -0.25) is 0 Å². The number of aromatic nitrogens is 2. The van der Waals surface area contributed by atoms with E-state index in [1.165, 1.54) is 0 Å². The summed E-state index contributed by atoms with van der Waals surface area (Å²) in [5, 5.41) is 7.68. The van der Waals surface area contributed by atoms with Crippen molar-refractivity contribution in [2.75, 3.05) is 0 Å². The molecular formula is C7H10N2S. The van der Waals surface area contributed by atoms with Crippen molar-refractivity contribution in [2.24, 2.45) is 0 Å². The second-order valence-electron chi connectivity index (χ2n) is 2.67. The summed E-state index contributed by atoms with van der Waals surface area (Å²) in [6.45, 7) is 3.97. The zero-order chi connectivity index (χ0) is 7.61. The van der Waals surface area contributed by atoms with Crippen LogP contribution in [0, 0.1) is 0 Å². The molecule has 1 aromatic heterocycles. The highest BCUT2D eigenvalue weighted by Gasteiger charge is 2.15. The quantitative estimate of drug-likeness (QED) is 0.622. The summed E-state index contributed by atoms with van der Waals surface area (Å²) < 4.78 is -0.186. The highest BCUT2D eigenvalue weighted by molar-refractivity contribution is 7.81. The van der Waals surface area contributed by atoms with Crippen molar-refractivity contribution in [3.05, 3.63) is 24.0 Å². The van der Waals surface area contributed by atoms with Crippen LogP contribution in [0.25, 0.3) is 0 Å². The smallest absolute Gasteiger partial charge is 0.0783 e. The maximum absolute atomic E-state index is 4.34. The minimum Gasteiger partial charge on any atom is -0.167 e. The molecule has 1 rings (SSSR count). The third-order valence-electron chi connectivity index (χ3n) is 1.20. The molecule has 0 N–H and O–H groups in total. The van der Waals surface area contributed by atoms with Gasteiger partial charge < -0.3 is 0 Å². The van der Waals surface area contributed by atoms with Gasteiger partial charge in [0.1, 0.15) is 0 Å². The third kappa shape index (κ3) is 1.70. The molecular weight excluding hydrogens is 144 g/mol. The van der Waals surface area contributed by atoms with E-state index in [2.05, 4.69) is 22.8 Å². The Morgan fingerprint density at radius 1 is 1.50 bits per heavy atom. The Labute approximate surface area is 66.1 Å². The Morgan fingerprint density at radius 3 is 2.50 bits per heavy atom. The minimum absolute atomic E-state index is 0.186. The fourth-order valence-corrected chi connectivity index (χ4v) is 0.747. The second kappa shape index (κ2) is 2.58. The van der Waals surface area contributed by atoms with Gasteiger partial charge in [0.2, 0.25) is 0 Å². The lowest BCUT2D eigenvalue weighted by atomic mass is 10.1. The molecule has 0 bridgehead atoms. The van der Waals surface area contributed by atoms with Gasteiger partial charge in [-0.05, 0) is 26.0 Å². The van der Waals surface area contributed by atoms with Gasteiger partial charge in [-0.1, -0.05) is 0 Å². The van der Waals surface area contributed by atoms with Gasteiger partial charge >= 0.3 is 0 Å². The largest absolute Gasteiger partial charge is 0.167 e. The fourth-order valence-electron chi connectivity index (χ4n) is 0.628. The SMILES string of the molecule is CC(C)(S)c1cccnn1. The predicted octanol–water partition coefficient (Wildman–Crippen LogP) is 1.64. The molecule has 0 aliphatic rings. The lowest BCUT2D eigenvalue weighted by molar-refractivity contribution is 0.728. The third-order valence-corrected chi connectivity index (χ3v) is 1.43. The molecule has 0 fully saturated rings. The average molecular weight is 154 g/mol. The molecule has 54 valence electrons. The molecule has 10 heavy (non-hydrogen) atoms. The van der Waals surface area contributed by atoms with E-state index in [9.17, 15) is 0 Å². The molecule has 0 atom stereocenters. The van der Waals surface area contributed by atoms with Gasteiger partial charge in [-0.2, -0.15) is 22.8 Å². The van der Waals surface area contributed by atoms with Gasteiger partial charge in [-0.15, -0.1) is 0 Å². The highest BCUT2D eigenvalue weighted by Crippen LogP contribution is 2.23. The number of rotatable bonds is 1. The monoisotopic (exact) mass is 154 g/mol. The van der Waals surface area contributed by atoms with Crippen molar-refractivity contribution in [3.63, 3.8) is 0 Å². The van der Waals surface area contributed by atoms with Crippen LogP contribution in [0.2, 0.25) is 0 Å². The molecule has 1 aromatic rings. The topological polar surface area (TPSA) is 25.8 Å². The Balaban J connectivity index is 2.97. The zero-order valence-electron chi connectivity index (χ0n) is 6.07. The molecule has 0 aromatic carbocycles. The van der Waals surface area contributed by atoms with Crippen molar-refractivity contribution in [2.45, 2.75) is 18.6 Å². The van der Waals surface area contributed by atoms with Crippen LogP contribution in [0.1, 0.15) is 19.5 Å². The van der Waals surface area contributed by atoms with Crippen LogP contribution >= 0.6 is 12.6 Å². The number of hydrogen-bond acceptors (Lipinski definition) is 3. The maximum atomic E-state index is 4.34. The molecule has 0 saturated carbocycles. The van der Waals surface area contributed by atoms with E-state index in [1.807, 2.05) is 26.0 Å². The van der Waals surface area contributed by atoms with Gasteiger partial charge in [0.05, 0.1) is 10.4 Å². The van der Waals surface area contributed by atoms with E-state index in [4.69, 9.17) is 0 Å². The first-order valence-electron chi connectivity index (χ1n) is 3.11. The van der Waals surface area contributed by atoms with E-state index in [0.29, 0.717) is 0 Å². The summed E-state index contributed by atoms with van der Waals surface area (Å²) >= 11 is 4.34.